The summed E-state index contributed by atoms with van der Waals surface area (Å²) in [4.78, 5) is 24.8. The normalized spacial score (nSPS) is 13.7. The van der Waals surface area contributed by atoms with Crippen molar-refractivity contribution in [2.45, 2.75) is 16.4 Å². The van der Waals surface area contributed by atoms with Crippen molar-refractivity contribution >= 4 is 21.6 Å². The minimum Gasteiger partial charge on any atom is -0.457 e. The first-order valence-corrected chi connectivity index (χ1v) is 10.1. The number of nitriles is 1. The Morgan fingerprint density at radius 1 is 0.931 bits per heavy atom. The number of hydrogen-bond acceptors (Lipinski definition) is 6. The van der Waals surface area contributed by atoms with Crippen LogP contribution in [0.1, 0.15) is 37.4 Å². The van der Waals surface area contributed by atoms with E-state index < -0.39 is 21.6 Å². The molecule has 0 saturated carbocycles. The lowest BCUT2D eigenvalue weighted by molar-refractivity contribution is 0.0472. The van der Waals surface area contributed by atoms with Gasteiger partial charge in [0, 0.05) is 16.7 Å². The number of ether oxygens (including phenoxy) is 1. The summed E-state index contributed by atoms with van der Waals surface area (Å²) < 4.78 is 31.1. The van der Waals surface area contributed by atoms with Gasteiger partial charge in [-0.25, -0.2) is 13.2 Å². The van der Waals surface area contributed by atoms with Gasteiger partial charge in [-0.1, -0.05) is 30.3 Å². The summed E-state index contributed by atoms with van der Waals surface area (Å²) in [5.74, 6) is -1.16. The van der Waals surface area contributed by atoms with Crippen LogP contribution in [0.25, 0.3) is 0 Å². The first kappa shape index (κ1) is 18.6. The van der Waals surface area contributed by atoms with Crippen molar-refractivity contribution in [2.75, 3.05) is 0 Å². The Bertz CT molecular complexity index is 1320. The third-order valence-electron chi connectivity index (χ3n) is 4.67. The van der Waals surface area contributed by atoms with Crippen molar-refractivity contribution in [3.8, 4) is 6.07 Å². The fourth-order valence-corrected chi connectivity index (χ4v) is 4.87. The van der Waals surface area contributed by atoms with Gasteiger partial charge in [-0.3, -0.25) is 4.79 Å². The Labute approximate surface area is 166 Å². The number of fused-ring (bicyclic) bond motifs is 2. The minimum atomic E-state index is -3.94. The van der Waals surface area contributed by atoms with E-state index in [9.17, 15) is 18.0 Å². The van der Waals surface area contributed by atoms with Gasteiger partial charge in [0.25, 0.3) is 0 Å². The van der Waals surface area contributed by atoms with E-state index in [4.69, 9.17) is 10.00 Å². The van der Waals surface area contributed by atoms with Crippen LogP contribution in [-0.2, 0) is 21.2 Å². The van der Waals surface area contributed by atoms with Crippen molar-refractivity contribution < 1.29 is 22.7 Å². The standard InChI is InChI=1S/C22H13NO5S/c23-12-15-5-1-2-6-16(15)13-28-22(25)14-9-10-18-20(11-14)29(26,27)19-8-4-3-7-17(19)21(18)24/h1-11H,13H2. The highest BCUT2D eigenvalue weighted by molar-refractivity contribution is 7.91. The summed E-state index contributed by atoms with van der Waals surface area (Å²) in [7, 11) is -3.94. The molecular formula is C22H13NO5S. The maximum atomic E-state index is 12.9. The predicted octanol–water partition coefficient (Wildman–Crippen LogP) is 3.29. The van der Waals surface area contributed by atoms with Crippen molar-refractivity contribution in [3.63, 3.8) is 0 Å². The van der Waals surface area contributed by atoms with Crippen LogP contribution < -0.4 is 0 Å². The highest BCUT2D eigenvalue weighted by atomic mass is 32.2. The Balaban J connectivity index is 1.66. The number of carbonyl (C=O) groups excluding carboxylic acids is 2. The first-order chi connectivity index (χ1) is 13.9. The molecule has 142 valence electrons. The topological polar surface area (TPSA) is 101 Å². The zero-order valence-electron chi connectivity index (χ0n) is 15.0. The molecule has 1 aliphatic heterocycles. The van der Waals surface area contributed by atoms with Crippen LogP contribution >= 0.6 is 0 Å². The van der Waals surface area contributed by atoms with Crippen LogP contribution in [0.5, 0.6) is 0 Å². The summed E-state index contributed by atoms with van der Waals surface area (Å²) >= 11 is 0. The number of hydrogen-bond donors (Lipinski definition) is 0. The van der Waals surface area contributed by atoms with Gasteiger partial charge in [-0.2, -0.15) is 5.26 Å². The lowest BCUT2D eigenvalue weighted by Gasteiger charge is -2.19. The van der Waals surface area contributed by atoms with E-state index in [1.165, 1.54) is 24.3 Å². The SMILES string of the molecule is N#Cc1ccccc1COC(=O)c1ccc2c(c1)S(=O)(=O)c1ccccc1C2=O. The zero-order chi connectivity index (χ0) is 20.6. The summed E-state index contributed by atoms with van der Waals surface area (Å²) in [5, 5.41) is 9.11. The van der Waals surface area contributed by atoms with Crippen LogP contribution in [0.2, 0.25) is 0 Å². The van der Waals surface area contributed by atoms with Gasteiger partial charge in [-0.15, -0.1) is 0 Å². The lowest BCUT2D eigenvalue weighted by atomic mass is 10.0. The third-order valence-corrected chi connectivity index (χ3v) is 6.52. The number of esters is 1. The summed E-state index contributed by atoms with van der Waals surface area (Å²) in [6.07, 6.45) is 0. The fourth-order valence-electron chi connectivity index (χ4n) is 3.19. The van der Waals surface area contributed by atoms with Crippen LogP contribution in [-0.4, -0.2) is 20.2 Å². The second kappa shape index (κ2) is 7.00. The van der Waals surface area contributed by atoms with Gasteiger partial charge >= 0.3 is 5.97 Å². The molecule has 0 atom stereocenters. The molecule has 0 saturated heterocycles. The molecular weight excluding hydrogens is 390 g/mol. The molecule has 0 amide bonds. The van der Waals surface area contributed by atoms with Gasteiger partial charge in [0.2, 0.25) is 9.84 Å². The Morgan fingerprint density at radius 2 is 1.62 bits per heavy atom. The molecule has 0 fully saturated rings. The number of ketones is 1. The molecule has 0 radical (unpaired) electrons. The number of sulfone groups is 1. The smallest absolute Gasteiger partial charge is 0.338 e. The lowest BCUT2D eigenvalue weighted by Crippen LogP contribution is -2.21. The van der Waals surface area contributed by atoms with Gasteiger partial charge in [0.05, 0.1) is 27.0 Å². The molecule has 3 aromatic rings. The van der Waals surface area contributed by atoms with E-state index in [0.29, 0.717) is 11.1 Å². The first-order valence-electron chi connectivity index (χ1n) is 8.61. The quantitative estimate of drug-likeness (QED) is 0.487. The predicted molar refractivity (Wildman–Crippen MR) is 102 cm³/mol. The van der Waals surface area contributed by atoms with Crippen molar-refractivity contribution in [1.29, 1.82) is 5.26 Å². The Kier molecular flexibility index (Phi) is 4.49. The summed E-state index contributed by atoms with van der Waals surface area (Å²) in [6.45, 7) is -0.131. The van der Waals surface area contributed by atoms with E-state index in [1.807, 2.05) is 6.07 Å². The molecule has 4 rings (SSSR count). The molecule has 29 heavy (non-hydrogen) atoms. The second-order valence-electron chi connectivity index (χ2n) is 6.38. The van der Waals surface area contributed by atoms with Crippen LogP contribution in [0.15, 0.2) is 76.5 Å². The number of carbonyl (C=O) groups is 2. The number of benzene rings is 3. The summed E-state index contributed by atoms with van der Waals surface area (Å²) in [6, 6.07) is 18.5. The van der Waals surface area contributed by atoms with E-state index in [0.717, 1.165) is 6.07 Å². The molecule has 0 unspecified atom stereocenters. The minimum absolute atomic E-state index is 0.00828. The molecule has 0 aliphatic carbocycles. The molecule has 7 heteroatoms. The molecule has 0 spiro atoms. The van der Waals surface area contributed by atoms with Gasteiger partial charge in [0.15, 0.2) is 5.78 Å². The second-order valence-corrected chi connectivity index (χ2v) is 8.27. The average molecular weight is 403 g/mol. The van der Waals surface area contributed by atoms with Crippen LogP contribution in [0.3, 0.4) is 0 Å². The van der Waals surface area contributed by atoms with E-state index in [2.05, 4.69) is 0 Å². The van der Waals surface area contributed by atoms with E-state index >= 15 is 0 Å². The maximum absolute atomic E-state index is 12.9. The van der Waals surface area contributed by atoms with Gasteiger partial charge < -0.3 is 4.74 Å². The van der Waals surface area contributed by atoms with E-state index in [-0.39, 0.29) is 33.1 Å². The number of nitrogens with zero attached hydrogens (tertiary/aromatic N) is 1. The van der Waals surface area contributed by atoms with Crippen LogP contribution in [0, 0.1) is 11.3 Å². The zero-order valence-corrected chi connectivity index (χ0v) is 15.8. The molecule has 3 aromatic carbocycles. The van der Waals surface area contributed by atoms with Gasteiger partial charge in [0.1, 0.15) is 6.61 Å². The maximum Gasteiger partial charge on any atom is 0.338 e. The average Bonchev–Trinajstić information content (AvgIpc) is 2.76. The third kappa shape index (κ3) is 3.10. The van der Waals surface area contributed by atoms with Crippen molar-refractivity contribution in [1.82, 2.24) is 0 Å². The molecule has 1 aliphatic rings. The Hall–Kier alpha value is -3.76. The highest BCUT2D eigenvalue weighted by Gasteiger charge is 2.35. The molecule has 6 nitrogen and oxygen atoms in total. The number of rotatable bonds is 3. The summed E-state index contributed by atoms with van der Waals surface area (Å²) in [5.41, 5.74) is 1.07. The molecule has 0 N–H and O–H groups in total. The molecule has 0 bridgehead atoms. The highest BCUT2D eigenvalue weighted by Crippen LogP contribution is 2.34. The largest absolute Gasteiger partial charge is 0.457 e. The molecule has 0 aromatic heterocycles. The van der Waals surface area contributed by atoms with Gasteiger partial charge in [-0.05, 0) is 36.4 Å². The fraction of sp³-hybridized carbons (Fsp3) is 0.0455. The van der Waals surface area contributed by atoms with E-state index in [1.54, 1.807) is 36.4 Å². The monoisotopic (exact) mass is 403 g/mol. The molecule has 1 heterocycles. The van der Waals surface area contributed by atoms with Crippen LogP contribution in [0.4, 0.5) is 0 Å². The van der Waals surface area contributed by atoms with Crippen molar-refractivity contribution in [2.24, 2.45) is 0 Å². The van der Waals surface area contributed by atoms with Crippen molar-refractivity contribution in [3.05, 3.63) is 94.5 Å². The Morgan fingerprint density at radius 3 is 2.41 bits per heavy atom.